The molecule has 0 radical (unpaired) electrons. The van der Waals surface area contributed by atoms with E-state index in [2.05, 4.69) is 14.7 Å². The lowest BCUT2D eigenvalue weighted by Gasteiger charge is -2.21. The molecule has 1 aliphatic rings. The van der Waals surface area contributed by atoms with Crippen LogP contribution < -0.4 is 4.72 Å². The highest BCUT2D eigenvalue weighted by Crippen LogP contribution is 2.18. The predicted octanol–water partition coefficient (Wildman–Crippen LogP) is 0.892. The van der Waals surface area contributed by atoms with E-state index in [1.165, 1.54) is 6.20 Å². The van der Waals surface area contributed by atoms with Crippen molar-refractivity contribution in [1.29, 1.82) is 0 Å². The molecule has 1 fully saturated rings. The third-order valence-corrected chi connectivity index (χ3v) is 5.10. The molecule has 1 aliphatic heterocycles. The molecule has 0 saturated carbocycles. The number of nitrogens with one attached hydrogen (secondary N) is 2. The zero-order chi connectivity index (χ0) is 11.6. The van der Waals surface area contributed by atoms with Crippen LogP contribution in [0, 0.1) is 6.92 Å². The van der Waals surface area contributed by atoms with Gasteiger partial charge in [0.05, 0.1) is 6.20 Å². The summed E-state index contributed by atoms with van der Waals surface area (Å²) in [5.41, 5.74) is 0. The topological polar surface area (TPSA) is 74.8 Å². The number of aromatic amines is 1. The number of aryl methyl sites for hydroxylation is 1. The Hall–Kier alpha value is -0.530. The van der Waals surface area contributed by atoms with Crippen molar-refractivity contribution in [3.05, 3.63) is 12.0 Å². The van der Waals surface area contributed by atoms with Crippen molar-refractivity contribution < 1.29 is 8.42 Å². The molecule has 1 aromatic rings. The zero-order valence-corrected chi connectivity index (χ0v) is 10.7. The fraction of sp³-hybridized carbons (Fsp3) is 0.667. The summed E-state index contributed by atoms with van der Waals surface area (Å²) in [6.07, 6.45) is 3.34. The molecule has 5 nitrogen and oxygen atoms in total. The van der Waals surface area contributed by atoms with Crippen LogP contribution in [-0.2, 0) is 10.0 Å². The molecule has 0 spiro atoms. The van der Waals surface area contributed by atoms with Gasteiger partial charge in [0, 0.05) is 11.8 Å². The van der Waals surface area contributed by atoms with Crippen LogP contribution in [0.15, 0.2) is 11.2 Å². The maximum atomic E-state index is 11.9. The summed E-state index contributed by atoms with van der Waals surface area (Å²) >= 11 is 1.79. The number of imidazole rings is 1. The van der Waals surface area contributed by atoms with Crippen molar-refractivity contribution in [2.75, 3.05) is 11.5 Å². The molecule has 2 rings (SSSR count). The Morgan fingerprint density at radius 3 is 3.00 bits per heavy atom. The number of aromatic nitrogens is 2. The Labute approximate surface area is 99.5 Å². The van der Waals surface area contributed by atoms with Crippen molar-refractivity contribution in [3.63, 3.8) is 0 Å². The Morgan fingerprint density at radius 2 is 2.44 bits per heavy atom. The molecule has 1 atom stereocenters. The van der Waals surface area contributed by atoms with Gasteiger partial charge in [-0.05, 0) is 25.5 Å². The summed E-state index contributed by atoms with van der Waals surface area (Å²) in [6.45, 7) is 1.73. The second-order valence-corrected chi connectivity index (χ2v) is 6.70. The van der Waals surface area contributed by atoms with Crippen LogP contribution in [0.25, 0.3) is 0 Å². The van der Waals surface area contributed by atoms with Crippen LogP contribution in [0.2, 0.25) is 0 Å². The molecule has 0 aromatic carbocycles. The highest BCUT2D eigenvalue weighted by Gasteiger charge is 2.23. The first-order valence-corrected chi connectivity index (χ1v) is 7.83. The SMILES string of the molecule is Cc1ncc(S(=O)(=O)NC2CCCSC2)[nH]1. The van der Waals surface area contributed by atoms with Gasteiger partial charge in [-0.2, -0.15) is 11.8 Å². The lowest BCUT2D eigenvalue weighted by atomic mass is 10.2. The van der Waals surface area contributed by atoms with Gasteiger partial charge >= 0.3 is 0 Å². The summed E-state index contributed by atoms with van der Waals surface area (Å²) < 4.78 is 26.5. The smallest absolute Gasteiger partial charge is 0.257 e. The van der Waals surface area contributed by atoms with Crippen LogP contribution in [0.1, 0.15) is 18.7 Å². The van der Waals surface area contributed by atoms with Crippen molar-refractivity contribution >= 4 is 21.8 Å². The Morgan fingerprint density at radius 1 is 1.62 bits per heavy atom. The predicted molar refractivity (Wildman–Crippen MR) is 64.0 cm³/mol. The zero-order valence-electron chi connectivity index (χ0n) is 9.06. The monoisotopic (exact) mass is 261 g/mol. The molecule has 2 heterocycles. The third-order valence-electron chi connectivity index (χ3n) is 2.45. The Bertz CT molecular complexity index is 449. The lowest BCUT2D eigenvalue weighted by Crippen LogP contribution is -2.38. The fourth-order valence-corrected chi connectivity index (χ4v) is 4.07. The lowest BCUT2D eigenvalue weighted by molar-refractivity contribution is 0.540. The molecule has 0 aliphatic carbocycles. The molecule has 16 heavy (non-hydrogen) atoms. The van der Waals surface area contributed by atoms with Crippen molar-refractivity contribution in [2.45, 2.75) is 30.8 Å². The van der Waals surface area contributed by atoms with Gasteiger partial charge in [0.25, 0.3) is 10.0 Å². The molecule has 1 aromatic heterocycles. The Kier molecular flexibility index (Phi) is 3.56. The van der Waals surface area contributed by atoms with Gasteiger partial charge in [-0.1, -0.05) is 0 Å². The minimum atomic E-state index is -3.42. The first-order valence-electron chi connectivity index (χ1n) is 5.19. The first kappa shape index (κ1) is 11.9. The number of rotatable bonds is 3. The fourth-order valence-electron chi connectivity index (χ4n) is 1.65. The number of sulfonamides is 1. The van der Waals surface area contributed by atoms with E-state index >= 15 is 0 Å². The van der Waals surface area contributed by atoms with Crippen LogP contribution in [0.4, 0.5) is 0 Å². The molecule has 90 valence electrons. The van der Waals surface area contributed by atoms with Crippen LogP contribution in [0.5, 0.6) is 0 Å². The second-order valence-electron chi connectivity index (χ2n) is 3.87. The third kappa shape index (κ3) is 2.78. The number of H-pyrrole nitrogens is 1. The maximum Gasteiger partial charge on any atom is 0.257 e. The van der Waals surface area contributed by atoms with Gasteiger partial charge < -0.3 is 4.98 Å². The normalized spacial score (nSPS) is 22.2. The first-order chi connectivity index (χ1) is 7.58. The van der Waals surface area contributed by atoms with Gasteiger partial charge in [-0.3, -0.25) is 0 Å². The van der Waals surface area contributed by atoms with E-state index in [0.29, 0.717) is 5.82 Å². The van der Waals surface area contributed by atoms with E-state index in [0.717, 1.165) is 24.3 Å². The Balaban J connectivity index is 2.07. The number of thioether (sulfide) groups is 1. The van der Waals surface area contributed by atoms with Crippen LogP contribution >= 0.6 is 11.8 Å². The van der Waals surface area contributed by atoms with Gasteiger partial charge in [-0.15, -0.1) is 0 Å². The van der Waals surface area contributed by atoms with Gasteiger partial charge in [-0.25, -0.2) is 18.1 Å². The minimum Gasteiger partial charge on any atom is -0.332 e. The molecule has 7 heteroatoms. The largest absolute Gasteiger partial charge is 0.332 e. The summed E-state index contributed by atoms with van der Waals surface area (Å²) in [5, 5.41) is 0.153. The van der Waals surface area contributed by atoms with E-state index in [1.54, 1.807) is 18.7 Å². The van der Waals surface area contributed by atoms with Crippen molar-refractivity contribution in [3.8, 4) is 0 Å². The summed E-state index contributed by atoms with van der Waals surface area (Å²) in [6, 6.07) is 0.0485. The van der Waals surface area contributed by atoms with E-state index in [-0.39, 0.29) is 11.1 Å². The highest BCUT2D eigenvalue weighted by molar-refractivity contribution is 7.99. The molecular weight excluding hydrogens is 246 g/mol. The number of hydrogen-bond acceptors (Lipinski definition) is 4. The minimum absolute atomic E-state index is 0.0485. The standard InChI is InChI=1S/C9H15N3O2S2/c1-7-10-5-9(11-7)16(13,14)12-8-3-2-4-15-6-8/h5,8,12H,2-4,6H2,1H3,(H,10,11). The van der Waals surface area contributed by atoms with E-state index in [1.807, 2.05) is 0 Å². The molecule has 0 bridgehead atoms. The van der Waals surface area contributed by atoms with Gasteiger partial charge in [0.15, 0.2) is 5.03 Å². The molecule has 1 unspecified atom stereocenters. The van der Waals surface area contributed by atoms with Crippen LogP contribution in [-0.4, -0.2) is 35.9 Å². The van der Waals surface area contributed by atoms with Gasteiger partial charge in [0.1, 0.15) is 5.82 Å². The summed E-state index contributed by atoms with van der Waals surface area (Å²) in [4.78, 5) is 6.63. The summed E-state index contributed by atoms with van der Waals surface area (Å²) in [7, 11) is -3.42. The number of nitrogens with zero attached hydrogens (tertiary/aromatic N) is 1. The number of hydrogen-bond donors (Lipinski definition) is 2. The van der Waals surface area contributed by atoms with Gasteiger partial charge in [0.2, 0.25) is 0 Å². The van der Waals surface area contributed by atoms with Crippen molar-refractivity contribution in [2.24, 2.45) is 0 Å². The summed E-state index contributed by atoms with van der Waals surface area (Å²) in [5.74, 6) is 2.59. The average Bonchev–Trinajstić information content (AvgIpc) is 2.66. The van der Waals surface area contributed by atoms with Crippen LogP contribution in [0.3, 0.4) is 0 Å². The second kappa shape index (κ2) is 4.77. The molecule has 1 saturated heterocycles. The van der Waals surface area contributed by atoms with E-state index < -0.39 is 10.0 Å². The van der Waals surface area contributed by atoms with Crippen molar-refractivity contribution in [1.82, 2.24) is 14.7 Å². The molecular formula is C9H15N3O2S2. The van der Waals surface area contributed by atoms with E-state index in [4.69, 9.17) is 0 Å². The molecule has 2 N–H and O–H groups in total. The quantitative estimate of drug-likeness (QED) is 0.847. The average molecular weight is 261 g/mol. The molecule has 0 amide bonds. The van der Waals surface area contributed by atoms with E-state index in [9.17, 15) is 8.42 Å². The maximum absolute atomic E-state index is 11.9. The highest BCUT2D eigenvalue weighted by atomic mass is 32.2.